The molecule has 1 aliphatic heterocycles. The summed E-state index contributed by atoms with van der Waals surface area (Å²) in [7, 11) is -4.31. The van der Waals surface area contributed by atoms with E-state index in [0.717, 1.165) is 59.3 Å². The Morgan fingerprint density at radius 2 is 1.63 bits per heavy atom. The van der Waals surface area contributed by atoms with E-state index in [2.05, 4.69) is 4.90 Å². The predicted octanol–water partition coefficient (Wildman–Crippen LogP) is 7.84. The molecule has 10 heteroatoms. The third-order valence-corrected chi connectivity index (χ3v) is 9.19. The summed E-state index contributed by atoms with van der Waals surface area (Å²) in [5.41, 5.74) is 0.150. The Morgan fingerprint density at radius 3 is 2.39 bits per heavy atom. The van der Waals surface area contributed by atoms with Crippen molar-refractivity contribution in [1.82, 2.24) is 4.90 Å². The minimum absolute atomic E-state index is 0. The molecule has 0 aliphatic carbocycles. The summed E-state index contributed by atoms with van der Waals surface area (Å²) in [5.74, 6) is -1.08. The minimum atomic E-state index is -4.31. The molecular weight excluding hydrogens is 589 g/mol. The van der Waals surface area contributed by atoms with Crippen molar-refractivity contribution in [2.45, 2.75) is 37.1 Å². The van der Waals surface area contributed by atoms with Crippen molar-refractivity contribution in [3.63, 3.8) is 0 Å². The first-order valence-corrected chi connectivity index (χ1v) is 15.2. The monoisotopic (exact) mass is 620 g/mol. The number of anilines is 1. The van der Waals surface area contributed by atoms with Gasteiger partial charge in [-0.15, -0.1) is 12.4 Å². The van der Waals surface area contributed by atoms with Gasteiger partial charge in [-0.25, -0.2) is 17.2 Å². The maximum Gasteiger partial charge on any atom is 0.264 e. The molecule has 0 radical (unpaired) electrons. The number of ether oxygens (including phenoxy) is 1. The van der Waals surface area contributed by atoms with E-state index in [1.165, 1.54) is 43.5 Å². The van der Waals surface area contributed by atoms with E-state index in [4.69, 9.17) is 16.3 Å². The highest BCUT2D eigenvalue weighted by Gasteiger charge is 2.29. The lowest BCUT2D eigenvalue weighted by atomic mass is 10.0. The number of sulfonamides is 1. The van der Waals surface area contributed by atoms with Crippen LogP contribution in [0.5, 0.6) is 5.75 Å². The molecule has 0 atom stereocenters. The first-order chi connectivity index (χ1) is 19.3. The fourth-order valence-electron chi connectivity index (χ4n) is 5.09. The van der Waals surface area contributed by atoms with E-state index in [1.54, 1.807) is 6.07 Å². The Labute approximate surface area is 251 Å². The molecule has 4 aromatic carbocycles. The van der Waals surface area contributed by atoms with E-state index in [1.807, 2.05) is 30.3 Å². The van der Waals surface area contributed by atoms with Gasteiger partial charge in [-0.2, -0.15) is 0 Å². The standard InChI is InChI=1S/C31H31ClF2N2O3S.ClH/c32-25-11-14-27(15-12-25)40(37,38)36(30-21-26(33)13-16-29(30)34)22-24-10-9-23-7-2-3-8-28(23)31(24)39-20-6-19-35-17-4-1-5-18-35;/h2-3,7-16,21H,1,4-6,17-20,22H2;1H. The average molecular weight is 622 g/mol. The molecule has 1 aliphatic rings. The number of halogens is 4. The van der Waals surface area contributed by atoms with E-state index < -0.39 is 21.7 Å². The van der Waals surface area contributed by atoms with E-state index in [0.29, 0.717) is 22.9 Å². The van der Waals surface area contributed by atoms with Crippen LogP contribution in [0.15, 0.2) is 83.8 Å². The number of hydrogen-bond acceptors (Lipinski definition) is 4. The molecule has 1 heterocycles. The third-order valence-electron chi connectivity index (χ3n) is 7.17. The summed E-state index contributed by atoms with van der Waals surface area (Å²) < 4.78 is 64.3. The highest BCUT2D eigenvalue weighted by atomic mass is 35.5. The number of fused-ring (bicyclic) bond motifs is 1. The zero-order valence-corrected chi connectivity index (χ0v) is 24.8. The van der Waals surface area contributed by atoms with Gasteiger partial charge in [-0.05, 0) is 74.1 Å². The van der Waals surface area contributed by atoms with Gasteiger partial charge < -0.3 is 9.64 Å². The first kappa shape index (κ1) is 31.0. The molecule has 0 N–H and O–H groups in total. The van der Waals surface area contributed by atoms with Gasteiger partial charge >= 0.3 is 0 Å². The second-order valence-corrected chi connectivity index (χ2v) is 12.2. The molecule has 41 heavy (non-hydrogen) atoms. The van der Waals surface area contributed by atoms with Gasteiger partial charge in [0.05, 0.1) is 23.7 Å². The first-order valence-electron chi connectivity index (χ1n) is 13.4. The molecule has 0 saturated carbocycles. The average Bonchev–Trinajstić information content (AvgIpc) is 2.96. The number of piperidine rings is 1. The largest absolute Gasteiger partial charge is 0.493 e. The molecule has 5 nitrogen and oxygen atoms in total. The van der Waals surface area contributed by atoms with Crippen molar-refractivity contribution in [2.24, 2.45) is 0 Å². The molecule has 5 rings (SSSR count). The summed E-state index contributed by atoms with van der Waals surface area (Å²) in [6.07, 6.45) is 4.51. The SMILES string of the molecule is Cl.O=S(=O)(c1ccc(Cl)cc1)N(Cc1ccc2ccccc2c1OCCCN1CCCCC1)c1cc(F)ccc1F. The zero-order chi connectivity index (χ0) is 28.1. The highest BCUT2D eigenvalue weighted by Crippen LogP contribution is 2.35. The molecule has 0 bridgehead atoms. The predicted molar refractivity (Wildman–Crippen MR) is 163 cm³/mol. The molecule has 218 valence electrons. The summed E-state index contributed by atoms with van der Waals surface area (Å²) >= 11 is 5.98. The van der Waals surface area contributed by atoms with Gasteiger partial charge in [-0.1, -0.05) is 54.4 Å². The fourth-order valence-corrected chi connectivity index (χ4v) is 6.66. The van der Waals surface area contributed by atoms with Crippen LogP contribution in [0.25, 0.3) is 10.8 Å². The van der Waals surface area contributed by atoms with Crippen LogP contribution in [-0.4, -0.2) is 39.6 Å². The molecule has 0 unspecified atom stereocenters. The Bertz CT molecular complexity index is 1580. The molecule has 0 aromatic heterocycles. The Hall–Kier alpha value is -2.91. The molecular formula is C31H32Cl2F2N2O3S. The number of likely N-dealkylation sites (tertiary alicyclic amines) is 1. The van der Waals surface area contributed by atoms with Crippen molar-refractivity contribution >= 4 is 50.5 Å². The molecule has 4 aromatic rings. The summed E-state index contributed by atoms with van der Waals surface area (Å²) in [6, 6.07) is 19.7. The second-order valence-electron chi connectivity index (χ2n) is 9.94. The second kappa shape index (κ2) is 13.8. The van der Waals surface area contributed by atoms with Gasteiger partial charge in [-0.3, -0.25) is 4.31 Å². The quantitative estimate of drug-likeness (QED) is 0.169. The van der Waals surface area contributed by atoms with Crippen LogP contribution in [0.1, 0.15) is 31.2 Å². The minimum Gasteiger partial charge on any atom is -0.493 e. The number of nitrogens with zero attached hydrogens (tertiary/aromatic N) is 2. The van der Waals surface area contributed by atoms with Gasteiger partial charge in [0.15, 0.2) is 0 Å². The smallest absolute Gasteiger partial charge is 0.264 e. The van der Waals surface area contributed by atoms with Gasteiger partial charge in [0.1, 0.15) is 17.4 Å². The van der Waals surface area contributed by atoms with Gasteiger partial charge in [0.2, 0.25) is 0 Å². The van der Waals surface area contributed by atoms with Gasteiger partial charge in [0.25, 0.3) is 10.0 Å². The van der Waals surface area contributed by atoms with E-state index in [9.17, 15) is 12.8 Å². The Balaban J connectivity index is 0.00000387. The molecule has 0 spiro atoms. The summed E-state index contributed by atoms with van der Waals surface area (Å²) in [6.45, 7) is 3.28. The summed E-state index contributed by atoms with van der Waals surface area (Å²) in [4.78, 5) is 2.34. The third kappa shape index (κ3) is 7.30. The normalized spacial score (nSPS) is 14.0. The zero-order valence-electron chi connectivity index (χ0n) is 22.4. The van der Waals surface area contributed by atoms with Gasteiger partial charge in [0, 0.05) is 28.6 Å². The van der Waals surface area contributed by atoms with Crippen LogP contribution < -0.4 is 9.04 Å². The van der Waals surface area contributed by atoms with Crippen LogP contribution >= 0.6 is 24.0 Å². The summed E-state index contributed by atoms with van der Waals surface area (Å²) in [5, 5.41) is 2.11. The van der Waals surface area contributed by atoms with Crippen LogP contribution in [0.3, 0.4) is 0 Å². The van der Waals surface area contributed by atoms with Crippen LogP contribution in [-0.2, 0) is 16.6 Å². The van der Waals surface area contributed by atoms with Crippen molar-refractivity contribution in [3.8, 4) is 5.75 Å². The fraction of sp³-hybridized carbons (Fsp3) is 0.290. The lowest BCUT2D eigenvalue weighted by molar-refractivity contribution is 0.205. The Kier molecular flexibility index (Phi) is 10.5. The van der Waals surface area contributed by atoms with E-state index >= 15 is 4.39 Å². The van der Waals surface area contributed by atoms with Crippen LogP contribution in [0.2, 0.25) is 5.02 Å². The number of rotatable bonds is 10. The molecule has 0 amide bonds. The maximum absolute atomic E-state index is 15.1. The molecule has 1 fully saturated rings. The number of hydrogen-bond donors (Lipinski definition) is 0. The van der Waals surface area contributed by atoms with Crippen LogP contribution in [0.4, 0.5) is 14.5 Å². The molecule has 1 saturated heterocycles. The lowest BCUT2D eigenvalue weighted by Gasteiger charge is -2.27. The topological polar surface area (TPSA) is 49.9 Å². The van der Waals surface area contributed by atoms with Crippen molar-refractivity contribution in [3.05, 3.63) is 101 Å². The van der Waals surface area contributed by atoms with Crippen molar-refractivity contribution in [2.75, 3.05) is 30.5 Å². The van der Waals surface area contributed by atoms with Crippen molar-refractivity contribution < 1.29 is 21.9 Å². The maximum atomic E-state index is 15.1. The Morgan fingerprint density at radius 1 is 0.902 bits per heavy atom. The lowest BCUT2D eigenvalue weighted by Crippen LogP contribution is -2.32. The van der Waals surface area contributed by atoms with Crippen LogP contribution in [0, 0.1) is 11.6 Å². The highest BCUT2D eigenvalue weighted by molar-refractivity contribution is 7.92. The van der Waals surface area contributed by atoms with E-state index in [-0.39, 0.29) is 29.5 Å². The van der Waals surface area contributed by atoms with Crippen molar-refractivity contribution in [1.29, 1.82) is 0 Å². The number of benzene rings is 4.